The second-order valence-electron chi connectivity index (χ2n) is 7.05. The average Bonchev–Trinajstić information content (AvgIpc) is 2.94. The van der Waals surface area contributed by atoms with Gasteiger partial charge in [-0.25, -0.2) is 5.01 Å². The number of likely N-dealkylation sites (N-methyl/N-ethyl adjacent to an activating group) is 1. The number of rotatable bonds is 3. The lowest BCUT2D eigenvalue weighted by Gasteiger charge is -2.29. The van der Waals surface area contributed by atoms with Crippen molar-refractivity contribution >= 4 is 0 Å². The predicted molar refractivity (Wildman–Crippen MR) is 100.0 cm³/mol. The van der Waals surface area contributed by atoms with Crippen LogP contribution < -0.4 is 15.9 Å². The molecule has 1 aliphatic heterocycles. The van der Waals surface area contributed by atoms with Gasteiger partial charge in [-0.05, 0) is 54.2 Å². The van der Waals surface area contributed by atoms with E-state index < -0.39 is 0 Å². The molecule has 3 atom stereocenters. The lowest BCUT2D eigenvalue weighted by atomic mass is 9.76. The van der Waals surface area contributed by atoms with Crippen molar-refractivity contribution in [3.8, 4) is 11.5 Å². The van der Waals surface area contributed by atoms with Crippen LogP contribution in [0.15, 0.2) is 65.9 Å². The van der Waals surface area contributed by atoms with E-state index in [9.17, 15) is 0 Å². The lowest BCUT2D eigenvalue weighted by Crippen LogP contribution is -2.41. The Morgan fingerprint density at radius 3 is 2.40 bits per heavy atom. The third-order valence-electron chi connectivity index (χ3n) is 5.36. The maximum atomic E-state index is 6.44. The molecule has 2 aromatic carbocycles. The molecule has 0 fully saturated rings. The van der Waals surface area contributed by atoms with Crippen molar-refractivity contribution in [2.24, 2.45) is 11.7 Å². The smallest absolute Gasteiger partial charge is 0.127 e. The topological polar surface area (TPSA) is 50.5 Å². The molecule has 0 saturated carbocycles. The molecule has 3 unspecified atom stereocenters. The Morgan fingerprint density at radius 2 is 1.68 bits per heavy atom. The summed E-state index contributed by atoms with van der Waals surface area (Å²) < 4.78 is 5.91. The van der Waals surface area contributed by atoms with Gasteiger partial charge in [-0.1, -0.05) is 37.3 Å². The minimum Gasteiger partial charge on any atom is -0.457 e. The van der Waals surface area contributed by atoms with Crippen LogP contribution in [-0.4, -0.2) is 18.2 Å². The van der Waals surface area contributed by atoms with Crippen LogP contribution in [0.25, 0.3) is 0 Å². The Hall–Kier alpha value is -2.30. The quantitative estimate of drug-likeness (QED) is 0.891. The zero-order valence-electron chi connectivity index (χ0n) is 14.8. The fourth-order valence-electron chi connectivity index (χ4n) is 3.94. The van der Waals surface area contributed by atoms with Gasteiger partial charge >= 0.3 is 0 Å². The highest BCUT2D eigenvalue weighted by atomic mass is 16.5. The zero-order chi connectivity index (χ0) is 17.4. The number of ether oxygens (including phenoxy) is 1. The molecular weight excluding hydrogens is 310 g/mol. The van der Waals surface area contributed by atoms with E-state index in [0.717, 1.165) is 17.9 Å². The van der Waals surface area contributed by atoms with Crippen LogP contribution in [-0.2, 0) is 0 Å². The second kappa shape index (κ2) is 6.54. The molecular formula is C21H25N3O. The summed E-state index contributed by atoms with van der Waals surface area (Å²) in [5, 5.41) is 2.02. The van der Waals surface area contributed by atoms with Crippen molar-refractivity contribution in [3.63, 3.8) is 0 Å². The molecule has 0 saturated heterocycles. The molecule has 4 rings (SSSR count). The molecule has 3 N–H and O–H groups in total. The highest BCUT2D eigenvalue weighted by molar-refractivity contribution is 5.41. The van der Waals surface area contributed by atoms with E-state index in [4.69, 9.17) is 10.5 Å². The molecule has 25 heavy (non-hydrogen) atoms. The average molecular weight is 335 g/mol. The van der Waals surface area contributed by atoms with E-state index in [1.165, 1.54) is 23.3 Å². The summed E-state index contributed by atoms with van der Waals surface area (Å²) in [4.78, 5) is 0. The van der Waals surface area contributed by atoms with Gasteiger partial charge in [-0.2, -0.15) is 0 Å². The molecule has 1 aliphatic carbocycles. The molecule has 1 heterocycles. The fraction of sp³-hybridized carbons (Fsp3) is 0.333. The van der Waals surface area contributed by atoms with Crippen molar-refractivity contribution in [3.05, 3.63) is 71.4 Å². The highest BCUT2D eigenvalue weighted by Crippen LogP contribution is 2.43. The van der Waals surface area contributed by atoms with E-state index in [0.29, 0.717) is 11.8 Å². The largest absolute Gasteiger partial charge is 0.457 e. The minimum atomic E-state index is -0.0528. The third-order valence-corrected chi connectivity index (χ3v) is 5.36. The number of nitrogens with zero attached hydrogens (tertiary/aromatic N) is 1. The standard InChI is InChI=1S/C21H25N3O/c1-14-8-13-18(19-20(14)23-24(2)21(19)22)15-9-11-17(12-10-15)25-16-6-4-3-5-7-16/h3-7,9-12,14,18,21,23H,8,13,22H2,1-2H3. The lowest BCUT2D eigenvalue weighted by molar-refractivity contribution is 0.240. The van der Waals surface area contributed by atoms with Crippen molar-refractivity contribution in [1.82, 2.24) is 10.4 Å². The molecule has 0 radical (unpaired) electrons. The Bertz CT molecular complexity index is 769. The van der Waals surface area contributed by atoms with Gasteiger partial charge in [0, 0.05) is 18.7 Å². The number of para-hydroxylation sites is 1. The summed E-state index contributed by atoms with van der Waals surface area (Å²) in [5.74, 6) is 2.64. The Morgan fingerprint density at radius 1 is 1.00 bits per heavy atom. The van der Waals surface area contributed by atoms with Crippen molar-refractivity contribution in [2.75, 3.05) is 7.05 Å². The van der Waals surface area contributed by atoms with E-state index in [1.807, 2.05) is 42.4 Å². The van der Waals surface area contributed by atoms with Crippen LogP contribution >= 0.6 is 0 Å². The van der Waals surface area contributed by atoms with E-state index in [2.05, 4.69) is 36.6 Å². The van der Waals surface area contributed by atoms with Gasteiger partial charge in [0.15, 0.2) is 0 Å². The number of hydrazine groups is 1. The summed E-state index contributed by atoms with van der Waals surface area (Å²) in [7, 11) is 2.02. The van der Waals surface area contributed by atoms with Crippen LogP contribution in [0.1, 0.15) is 31.2 Å². The first-order valence-electron chi connectivity index (χ1n) is 8.95. The van der Waals surface area contributed by atoms with Gasteiger partial charge in [0.25, 0.3) is 0 Å². The first-order chi connectivity index (χ1) is 12.1. The number of nitrogens with one attached hydrogen (secondary N) is 1. The number of benzene rings is 2. The molecule has 130 valence electrons. The van der Waals surface area contributed by atoms with Crippen molar-refractivity contribution in [2.45, 2.75) is 31.8 Å². The summed E-state index contributed by atoms with van der Waals surface area (Å²) >= 11 is 0. The Kier molecular flexibility index (Phi) is 4.24. The van der Waals surface area contributed by atoms with Gasteiger partial charge in [0.1, 0.15) is 11.5 Å². The molecule has 2 aromatic rings. The van der Waals surface area contributed by atoms with Crippen LogP contribution in [0.4, 0.5) is 0 Å². The number of allylic oxidation sites excluding steroid dienone is 1. The van der Waals surface area contributed by atoms with Crippen LogP contribution in [0.5, 0.6) is 11.5 Å². The summed E-state index contributed by atoms with van der Waals surface area (Å²) in [6.07, 6.45) is 2.27. The minimum absolute atomic E-state index is 0.0528. The second-order valence-corrected chi connectivity index (χ2v) is 7.05. The molecule has 0 amide bonds. The summed E-state index contributed by atoms with van der Waals surface area (Å²) in [5.41, 5.74) is 13.9. The van der Waals surface area contributed by atoms with Gasteiger partial charge in [-0.15, -0.1) is 0 Å². The van der Waals surface area contributed by atoms with Gasteiger partial charge in [0.05, 0.1) is 6.17 Å². The Labute approximate surface area is 149 Å². The van der Waals surface area contributed by atoms with E-state index in [-0.39, 0.29) is 6.17 Å². The van der Waals surface area contributed by atoms with Crippen LogP contribution in [0, 0.1) is 5.92 Å². The third kappa shape index (κ3) is 3.03. The summed E-state index contributed by atoms with van der Waals surface area (Å²) in [6, 6.07) is 18.3. The van der Waals surface area contributed by atoms with Crippen molar-refractivity contribution in [1.29, 1.82) is 0 Å². The molecule has 2 aliphatic rings. The fourth-order valence-corrected chi connectivity index (χ4v) is 3.94. The normalized spacial score (nSPS) is 26.3. The van der Waals surface area contributed by atoms with Crippen LogP contribution in [0.2, 0.25) is 0 Å². The maximum Gasteiger partial charge on any atom is 0.127 e. The SMILES string of the molecule is CC1CCC(c2ccc(Oc3ccccc3)cc2)C2=C1NN(C)C2N. The molecule has 0 spiro atoms. The number of hydrogen-bond donors (Lipinski definition) is 2. The highest BCUT2D eigenvalue weighted by Gasteiger charge is 2.38. The molecule has 0 bridgehead atoms. The van der Waals surface area contributed by atoms with Gasteiger partial charge < -0.3 is 15.9 Å². The first-order valence-corrected chi connectivity index (χ1v) is 8.95. The van der Waals surface area contributed by atoms with Gasteiger partial charge in [-0.3, -0.25) is 0 Å². The number of hydrogen-bond acceptors (Lipinski definition) is 4. The predicted octanol–water partition coefficient (Wildman–Crippen LogP) is 3.98. The van der Waals surface area contributed by atoms with Crippen LogP contribution in [0.3, 0.4) is 0 Å². The maximum absolute atomic E-state index is 6.44. The number of nitrogens with two attached hydrogens (primary N) is 1. The summed E-state index contributed by atoms with van der Waals surface area (Å²) in [6.45, 7) is 2.28. The Balaban J connectivity index is 1.58. The van der Waals surface area contributed by atoms with E-state index in [1.54, 1.807) is 0 Å². The van der Waals surface area contributed by atoms with E-state index >= 15 is 0 Å². The molecule has 4 nitrogen and oxygen atoms in total. The first kappa shape index (κ1) is 16.2. The molecule has 0 aromatic heterocycles. The van der Waals surface area contributed by atoms with Gasteiger partial charge in [0.2, 0.25) is 0 Å². The monoisotopic (exact) mass is 335 g/mol. The van der Waals surface area contributed by atoms with Crippen molar-refractivity contribution < 1.29 is 4.74 Å². The molecule has 4 heteroatoms. The zero-order valence-corrected chi connectivity index (χ0v) is 14.8.